The number of carbonyl (C=O) groups is 3. The van der Waals surface area contributed by atoms with Crippen molar-refractivity contribution in [2.45, 2.75) is 38.6 Å². The molecule has 6 nitrogen and oxygen atoms in total. The molecule has 1 aliphatic carbocycles. The number of ether oxygens (including phenoxy) is 1. The lowest BCUT2D eigenvalue weighted by molar-refractivity contribution is 0.0472. The van der Waals surface area contributed by atoms with Gasteiger partial charge in [0.2, 0.25) is 0 Å². The van der Waals surface area contributed by atoms with E-state index < -0.39 is 30.1 Å². The van der Waals surface area contributed by atoms with Crippen LogP contribution in [0.3, 0.4) is 0 Å². The van der Waals surface area contributed by atoms with Crippen LogP contribution in [0, 0.1) is 11.8 Å². The number of likely N-dealkylation sites (tertiary alicyclic amines) is 1. The van der Waals surface area contributed by atoms with Crippen molar-refractivity contribution in [3.8, 4) is 0 Å². The van der Waals surface area contributed by atoms with Crippen LogP contribution < -0.4 is 0 Å². The van der Waals surface area contributed by atoms with Crippen molar-refractivity contribution < 1.29 is 23.5 Å². The summed E-state index contributed by atoms with van der Waals surface area (Å²) in [5.74, 6) is -1.29. The van der Waals surface area contributed by atoms with Crippen LogP contribution in [0.25, 0.3) is 0 Å². The van der Waals surface area contributed by atoms with Crippen LogP contribution in [-0.4, -0.2) is 59.1 Å². The van der Waals surface area contributed by atoms with Gasteiger partial charge in [-0.1, -0.05) is 12.1 Å². The standard InChI is InChI=1S/C19H21FN2O4/c1-10(2)26-19(25)21-8-11-7-15(16(20)14(11)9-21)22-17(23)12-5-3-4-6-13(12)18(22)24/h3-6,10-11,14-16H,7-9H2,1-2H3/t11-,14+,15+,16-/m1/s1. The second-order valence-corrected chi connectivity index (χ2v) is 7.53. The van der Waals surface area contributed by atoms with Gasteiger partial charge >= 0.3 is 6.09 Å². The van der Waals surface area contributed by atoms with Gasteiger partial charge in [0.25, 0.3) is 11.8 Å². The number of hydrogen-bond acceptors (Lipinski definition) is 4. The van der Waals surface area contributed by atoms with Gasteiger partial charge in [0.15, 0.2) is 0 Å². The molecule has 26 heavy (non-hydrogen) atoms. The van der Waals surface area contributed by atoms with Gasteiger partial charge in [0, 0.05) is 19.0 Å². The van der Waals surface area contributed by atoms with Crippen LogP contribution in [-0.2, 0) is 4.74 Å². The van der Waals surface area contributed by atoms with Gasteiger partial charge < -0.3 is 9.64 Å². The molecule has 2 fully saturated rings. The molecule has 7 heteroatoms. The van der Waals surface area contributed by atoms with Crippen molar-refractivity contribution in [3.63, 3.8) is 0 Å². The van der Waals surface area contributed by atoms with Crippen molar-refractivity contribution in [2.24, 2.45) is 11.8 Å². The molecular formula is C19H21FN2O4. The first-order chi connectivity index (χ1) is 12.4. The van der Waals surface area contributed by atoms with E-state index in [1.165, 1.54) is 4.90 Å². The van der Waals surface area contributed by atoms with E-state index in [9.17, 15) is 14.4 Å². The molecule has 1 saturated heterocycles. The molecule has 4 atom stereocenters. The zero-order chi connectivity index (χ0) is 18.6. The highest BCUT2D eigenvalue weighted by atomic mass is 19.1. The Kier molecular flexibility index (Phi) is 3.97. The third-order valence-corrected chi connectivity index (χ3v) is 5.56. The first-order valence-electron chi connectivity index (χ1n) is 8.95. The fourth-order valence-electron chi connectivity index (χ4n) is 4.41. The summed E-state index contributed by atoms with van der Waals surface area (Å²) in [7, 11) is 0. The number of hydrogen-bond donors (Lipinski definition) is 0. The number of nitrogens with zero attached hydrogens (tertiary/aromatic N) is 2. The largest absolute Gasteiger partial charge is 0.447 e. The van der Waals surface area contributed by atoms with Gasteiger partial charge in [0.1, 0.15) is 6.17 Å². The average Bonchev–Trinajstić information content (AvgIpc) is 3.21. The van der Waals surface area contributed by atoms with Gasteiger partial charge in [-0.05, 0) is 38.3 Å². The third-order valence-electron chi connectivity index (χ3n) is 5.56. The average molecular weight is 360 g/mol. The fraction of sp³-hybridized carbons (Fsp3) is 0.526. The fourth-order valence-corrected chi connectivity index (χ4v) is 4.41. The Balaban J connectivity index is 1.49. The minimum absolute atomic E-state index is 0.0703. The lowest BCUT2D eigenvalue weighted by atomic mass is 10.0. The molecule has 4 rings (SSSR count). The number of imide groups is 1. The van der Waals surface area contributed by atoms with E-state index in [-0.39, 0.29) is 24.5 Å². The van der Waals surface area contributed by atoms with Crippen molar-refractivity contribution in [1.82, 2.24) is 9.80 Å². The number of rotatable bonds is 2. The van der Waals surface area contributed by atoms with Crippen molar-refractivity contribution in [1.29, 1.82) is 0 Å². The zero-order valence-corrected chi connectivity index (χ0v) is 14.7. The molecule has 0 unspecified atom stereocenters. The molecule has 0 N–H and O–H groups in total. The van der Waals surface area contributed by atoms with Crippen molar-refractivity contribution in [3.05, 3.63) is 35.4 Å². The number of alkyl halides is 1. The van der Waals surface area contributed by atoms with E-state index in [1.807, 2.05) is 0 Å². The molecule has 1 aromatic carbocycles. The smallest absolute Gasteiger partial charge is 0.410 e. The lowest BCUT2D eigenvalue weighted by Crippen LogP contribution is -2.45. The predicted molar refractivity (Wildman–Crippen MR) is 90.4 cm³/mol. The molecule has 2 heterocycles. The molecule has 1 saturated carbocycles. The van der Waals surface area contributed by atoms with Crippen LogP contribution in [0.5, 0.6) is 0 Å². The molecule has 0 radical (unpaired) electrons. The second kappa shape index (κ2) is 6.07. The van der Waals surface area contributed by atoms with Gasteiger partial charge in [-0.2, -0.15) is 0 Å². The first kappa shape index (κ1) is 17.0. The molecule has 2 aliphatic heterocycles. The topological polar surface area (TPSA) is 66.9 Å². The van der Waals surface area contributed by atoms with Gasteiger partial charge in [-0.3, -0.25) is 14.5 Å². The summed E-state index contributed by atoms with van der Waals surface area (Å²) in [6.07, 6.45) is -1.61. The second-order valence-electron chi connectivity index (χ2n) is 7.53. The maximum atomic E-state index is 15.1. The SMILES string of the molecule is CC(C)OC(=O)N1C[C@H]2C[C@H](N3C(=O)c4ccccc4C3=O)[C@H](F)[C@H]2C1. The number of carbonyl (C=O) groups excluding carboxylic acids is 3. The summed E-state index contributed by atoms with van der Waals surface area (Å²) in [6, 6.07) is 5.83. The van der Waals surface area contributed by atoms with Crippen LogP contribution in [0.4, 0.5) is 9.18 Å². The summed E-state index contributed by atoms with van der Waals surface area (Å²) in [5.41, 5.74) is 0.674. The summed E-state index contributed by atoms with van der Waals surface area (Å²) >= 11 is 0. The Morgan fingerprint density at radius 3 is 2.31 bits per heavy atom. The summed E-state index contributed by atoms with van der Waals surface area (Å²) in [6.45, 7) is 4.20. The molecule has 3 amide bonds. The lowest BCUT2D eigenvalue weighted by Gasteiger charge is -2.27. The van der Waals surface area contributed by atoms with Gasteiger partial charge in [-0.25, -0.2) is 9.18 Å². The molecule has 0 bridgehead atoms. The molecule has 138 valence electrons. The van der Waals surface area contributed by atoms with Gasteiger partial charge in [0.05, 0.1) is 23.3 Å². The monoisotopic (exact) mass is 360 g/mol. The normalized spacial score (nSPS) is 30.2. The van der Waals surface area contributed by atoms with Crippen LogP contribution in [0.15, 0.2) is 24.3 Å². The van der Waals surface area contributed by atoms with Crippen molar-refractivity contribution >= 4 is 17.9 Å². The molecule has 3 aliphatic rings. The maximum Gasteiger partial charge on any atom is 0.410 e. The maximum absolute atomic E-state index is 15.1. The first-order valence-corrected chi connectivity index (χ1v) is 8.95. The summed E-state index contributed by atoms with van der Waals surface area (Å²) < 4.78 is 20.3. The van der Waals surface area contributed by atoms with Crippen LogP contribution >= 0.6 is 0 Å². The Labute approximate surface area is 150 Å². The third kappa shape index (κ3) is 2.48. The van der Waals surface area contributed by atoms with Crippen LogP contribution in [0.2, 0.25) is 0 Å². The Bertz CT molecular complexity index is 746. The molecule has 1 aromatic rings. The van der Waals surface area contributed by atoms with E-state index in [2.05, 4.69) is 0 Å². The Hall–Kier alpha value is -2.44. The number of benzene rings is 1. The number of amides is 3. The molecule has 0 spiro atoms. The summed E-state index contributed by atoms with van der Waals surface area (Å²) in [4.78, 5) is 39.9. The minimum Gasteiger partial charge on any atom is -0.447 e. The van der Waals surface area contributed by atoms with Gasteiger partial charge in [-0.15, -0.1) is 0 Å². The van der Waals surface area contributed by atoms with E-state index in [1.54, 1.807) is 38.1 Å². The quantitative estimate of drug-likeness (QED) is 0.760. The minimum atomic E-state index is -1.33. The number of halogens is 1. The van der Waals surface area contributed by atoms with E-state index in [0.29, 0.717) is 24.1 Å². The highest BCUT2D eigenvalue weighted by Gasteiger charge is 2.55. The van der Waals surface area contributed by atoms with E-state index in [0.717, 1.165) is 4.90 Å². The Morgan fingerprint density at radius 2 is 1.77 bits per heavy atom. The number of fused-ring (bicyclic) bond motifs is 2. The zero-order valence-electron chi connectivity index (χ0n) is 14.7. The predicted octanol–water partition coefficient (Wildman–Crippen LogP) is 2.49. The van der Waals surface area contributed by atoms with E-state index >= 15 is 4.39 Å². The molecular weight excluding hydrogens is 339 g/mol. The Morgan fingerprint density at radius 1 is 1.15 bits per heavy atom. The summed E-state index contributed by atoms with van der Waals surface area (Å²) in [5, 5.41) is 0. The van der Waals surface area contributed by atoms with Crippen LogP contribution in [0.1, 0.15) is 41.0 Å². The highest BCUT2D eigenvalue weighted by Crippen LogP contribution is 2.44. The highest BCUT2D eigenvalue weighted by molar-refractivity contribution is 6.21. The van der Waals surface area contributed by atoms with E-state index in [4.69, 9.17) is 4.74 Å². The van der Waals surface area contributed by atoms with Crippen molar-refractivity contribution in [2.75, 3.05) is 13.1 Å². The molecule has 0 aromatic heterocycles.